The van der Waals surface area contributed by atoms with Crippen LogP contribution in [-0.2, 0) is 14.3 Å². The summed E-state index contributed by atoms with van der Waals surface area (Å²) < 4.78 is 23.1. The van der Waals surface area contributed by atoms with Crippen LogP contribution < -0.4 is 0 Å². The first-order chi connectivity index (χ1) is 8.29. The molecule has 5 heteroatoms. The molecule has 4 nitrogen and oxygen atoms in total. The summed E-state index contributed by atoms with van der Waals surface area (Å²) in [6.45, 7) is 5.04. The van der Waals surface area contributed by atoms with Crippen molar-refractivity contribution in [3.05, 3.63) is 35.1 Å². The highest BCUT2D eigenvalue weighted by Crippen LogP contribution is 2.33. The third kappa shape index (κ3) is 2.20. The molecule has 0 amide bonds. The fourth-order valence-corrected chi connectivity index (χ4v) is 1.50. The summed E-state index contributed by atoms with van der Waals surface area (Å²) in [5, 5.41) is 0. The minimum atomic E-state index is -1.16. The summed E-state index contributed by atoms with van der Waals surface area (Å²) in [5.41, 5.74) is -0.247. The van der Waals surface area contributed by atoms with Crippen LogP contribution in [-0.4, -0.2) is 11.9 Å². The van der Waals surface area contributed by atoms with Gasteiger partial charge in [0, 0.05) is 0 Å². The number of hydrogen-bond donors (Lipinski definition) is 0. The molecule has 1 atom stereocenters. The number of halogens is 1. The zero-order valence-corrected chi connectivity index (χ0v) is 10.3. The van der Waals surface area contributed by atoms with Gasteiger partial charge < -0.3 is 9.47 Å². The lowest BCUT2D eigenvalue weighted by atomic mass is 9.97. The monoisotopic (exact) mass is 252 g/mol. The Hall–Kier alpha value is -1.91. The number of esters is 2. The van der Waals surface area contributed by atoms with E-state index in [1.807, 2.05) is 0 Å². The summed E-state index contributed by atoms with van der Waals surface area (Å²) in [6.07, 6.45) is -1.16. The van der Waals surface area contributed by atoms with Gasteiger partial charge in [-0.25, -0.2) is 9.18 Å². The molecule has 1 aliphatic heterocycles. The van der Waals surface area contributed by atoms with Crippen LogP contribution in [0.2, 0.25) is 0 Å². The van der Waals surface area contributed by atoms with Crippen molar-refractivity contribution in [2.75, 3.05) is 0 Å². The SMILES string of the molecule is CC(C)(C)C(=O)O[C@H]1OC(=O)c2ccc(F)cc21. The Morgan fingerprint density at radius 1 is 1.39 bits per heavy atom. The van der Waals surface area contributed by atoms with E-state index in [0.29, 0.717) is 0 Å². The normalized spacial score (nSPS) is 18.2. The molecule has 0 aliphatic carbocycles. The Morgan fingerprint density at radius 3 is 2.67 bits per heavy atom. The van der Waals surface area contributed by atoms with Gasteiger partial charge in [-0.15, -0.1) is 0 Å². The van der Waals surface area contributed by atoms with E-state index in [-0.39, 0.29) is 11.1 Å². The number of carbonyl (C=O) groups is 2. The maximum atomic E-state index is 13.1. The number of ether oxygens (including phenoxy) is 2. The Bertz CT molecular complexity index is 516. The fraction of sp³-hybridized carbons (Fsp3) is 0.385. The zero-order chi connectivity index (χ0) is 13.5. The molecule has 18 heavy (non-hydrogen) atoms. The van der Waals surface area contributed by atoms with Gasteiger partial charge in [0.1, 0.15) is 5.82 Å². The first kappa shape index (κ1) is 12.5. The Morgan fingerprint density at radius 2 is 2.06 bits per heavy atom. The molecule has 0 radical (unpaired) electrons. The molecule has 0 fully saturated rings. The van der Waals surface area contributed by atoms with Crippen molar-refractivity contribution < 1.29 is 23.5 Å². The number of fused-ring (bicyclic) bond motifs is 1. The molecule has 96 valence electrons. The molecule has 0 bridgehead atoms. The largest absolute Gasteiger partial charge is 0.420 e. The summed E-state index contributed by atoms with van der Waals surface area (Å²) in [5.74, 6) is -1.64. The van der Waals surface area contributed by atoms with Gasteiger partial charge in [-0.3, -0.25) is 4.79 Å². The molecule has 0 aromatic heterocycles. The van der Waals surface area contributed by atoms with Crippen LogP contribution in [0.25, 0.3) is 0 Å². The summed E-state index contributed by atoms with van der Waals surface area (Å²) in [6, 6.07) is 3.62. The highest BCUT2D eigenvalue weighted by Gasteiger charge is 2.36. The van der Waals surface area contributed by atoms with Crippen molar-refractivity contribution in [1.82, 2.24) is 0 Å². The lowest BCUT2D eigenvalue weighted by Gasteiger charge is -2.19. The maximum Gasteiger partial charge on any atom is 0.342 e. The van der Waals surface area contributed by atoms with Crippen molar-refractivity contribution in [2.24, 2.45) is 5.41 Å². The molecule has 0 N–H and O–H groups in total. The van der Waals surface area contributed by atoms with Gasteiger partial charge in [-0.1, -0.05) is 0 Å². The lowest BCUT2D eigenvalue weighted by molar-refractivity contribution is -0.177. The standard InChI is InChI=1S/C13H13FO4/c1-13(2,3)12(16)18-11-9-6-7(14)4-5-8(9)10(15)17-11/h4-6,11H,1-3H3/t11-/m1/s1. The quantitative estimate of drug-likeness (QED) is 0.721. The van der Waals surface area contributed by atoms with Gasteiger partial charge in [0.25, 0.3) is 6.29 Å². The molecule has 1 aliphatic rings. The molecule has 0 spiro atoms. The Balaban J connectivity index is 2.27. The van der Waals surface area contributed by atoms with E-state index in [1.54, 1.807) is 20.8 Å². The van der Waals surface area contributed by atoms with E-state index >= 15 is 0 Å². The van der Waals surface area contributed by atoms with E-state index < -0.39 is 29.5 Å². The number of rotatable bonds is 1. The second-order valence-corrected chi connectivity index (χ2v) is 5.12. The molecule has 1 aromatic carbocycles. The van der Waals surface area contributed by atoms with E-state index in [2.05, 4.69) is 0 Å². The van der Waals surface area contributed by atoms with E-state index in [1.165, 1.54) is 6.07 Å². The second kappa shape index (κ2) is 4.08. The van der Waals surface area contributed by atoms with Crippen LogP contribution in [0.4, 0.5) is 4.39 Å². The molecule has 0 unspecified atom stereocenters. The topological polar surface area (TPSA) is 52.6 Å². The van der Waals surface area contributed by atoms with Crippen molar-refractivity contribution in [3.8, 4) is 0 Å². The number of benzene rings is 1. The van der Waals surface area contributed by atoms with Crippen molar-refractivity contribution >= 4 is 11.9 Å². The summed E-state index contributed by atoms with van der Waals surface area (Å²) in [7, 11) is 0. The molecule has 1 heterocycles. The van der Waals surface area contributed by atoms with Gasteiger partial charge in [0.05, 0.1) is 16.5 Å². The zero-order valence-electron chi connectivity index (χ0n) is 10.3. The first-order valence-electron chi connectivity index (χ1n) is 5.50. The smallest absolute Gasteiger partial charge is 0.342 e. The molecular weight excluding hydrogens is 239 g/mol. The maximum absolute atomic E-state index is 13.1. The fourth-order valence-electron chi connectivity index (χ4n) is 1.50. The number of cyclic esters (lactones) is 1. The van der Waals surface area contributed by atoms with Crippen molar-refractivity contribution in [3.63, 3.8) is 0 Å². The summed E-state index contributed by atoms with van der Waals surface area (Å²) in [4.78, 5) is 23.2. The van der Waals surface area contributed by atoms with E-state index in [4.69, 9.17) is 9.47 Å². The van der Waals surface area contributed by atoms with E-state index in [0.717, 1.165) is 12.1 Å². The van der Waals surface area contributed by atoms with Crippen molar-refractivity contribution in [2.45, 2.75) is 27.1 Å². The average molecular weight is 252 g/mol. The number of carbonyl (C=O) groups excluding carboxylic acids is 2. The third-order valence-electron chi connectivity index (χ3n) is 2.53. The molecule has 2 rings (SSSR count). The van der Waals surface area contributed by atoms with Crippen LogP contribution in [0.5, 0.6) is 0 Å². The minimum absolute atomic E-state index is 0.225. The average Bonchev–Trinajstić information content (AvgIpc) is 2.54. The van der Waals surface area contributed by atoms with Gasteiger partial charge in [-0.2, -0.15) is 0 Å². The highest BCUT2D eigenvalue weighted by atomic mass is 19.1. The molecular formula is C13H13FO4. The Labute approximate surface area is 104 Å². The molecule has 0 saturated carbocycles. The van der Waals surface area contributed by atoms with E-state index in [9.17, 15) is 14.0 Å². The highest BCUT2D eigenvalue weighted by molar-refractivity contribution is 5.94. The van der Waals surface area contributed by atoms with Crippen LogP contribution in [0.3, 0.4) is 0 Å². The van der Waals surface area contributed by atoms with Crippen LogP contribution in [0.15, 0.2) is 18.2 Å². The summed E-state index contributed by atoms with van der Waals surface area (Å²) >= 11 is 0. The second-order valence-electron chi connectivity index (χ2n) is 5.12. The van der Waals surface area contributed by atoms with Crippen LogP contribution >= 0.6 is 0 Å². The van der Waals surface area contributed by atoms with Crippen LogP contribution in [0, 0.1) is 11.2 Å². The molecule has 0 saturated heterocycles. The van der Waals surface area contributed by atoms with Gasteiger partial charge >= 0.3 is 11.9 Å². The number of hydrogen-bond acceptors (Lipinski definition) is 4. The van der Waals surface area contributed by atoms with Crippen molar-refractivity contribution in [1.29, 1.82) is 0 Å². The van der Waals surface area contributed by atoms with Gasteiger partial charge in [0.15, 0.2) is 0 Å². The van der Waals surface area contributed by atoms with Gasteiger partial charge in [0.2, 0.25) is 0 Å². The predicted molar refractivity (Wildman–Crippen MR) is 60.1 cm³/mol. The third-order valence-corrected chi connectivity index (χ3v) is 2.53. The minimum Gasteiger partial charge on any atom is -0.420 e. The van der Waals surface area contributed by atoms with Crippen LogP contribution in [0.1, 0.15) is 43.0 Å². The first-order valence-corrected chi connectivity index (χ1v) is 5.50. The van der Waals surface area contributed by atoms with Gasteiger partial charge in [-0.05, 0) is 39.0 Å². The lowest BCUT2D eigenvalue weighted by Crippen LogP contribution is -2.25. The Kier molecular flexibility index (Phi) is 2.84. The molecule has 1 aromatic rings. The predicted octanol–water partition coefficient (Wildman–Crippen LogP) is 2.58.